The summed E-state index contributed by atoms with van der Waals surface area (Å²) in [5.74, 6) is 0.605. The lowest BCUT2D eigenvalue weighted by Crippen LogP contribution is -2.60. The molecule has 0 spiro atoms. The van der Waals surface area contributed by atoms with Crippen molar-refractivity contribution in [3.8, 4) is 11.4 Å². The number of azo groups is 1. The Kier molecular flexibility index (Phi) is 5.32. The van der Waals surface area contributed by atoms with Gasteiger partial charge in [-0.05, 0) is 72.1 Å². The van der Waals surface area contributed by atoms with Crippen LogP contribution in [0.25, 0.3) is 5.69 Å². The van der Waals surface area contributed by atoms with Crippen LogP contribution in [0.4, 0.5) is 11.4 Å². The van der Waals surface area contributed by atoms with Crippen LogP contribution in [0.5, 0.6) is 5.75 Å². The molecule has 0 atom stereocenters. The number of benzene rings is 2. The molecule has 1 N–H and O–H groups in total. The maximum Gasteiger partial charge on any atom is 0.346 e. The van der Waals surface area contributed by atoms with E-state index < -0.39 is 0 Å². The third-order valence-corrected chi connectivity index (χ3v) is 5.35. The lowest BCUT2D eigenvalue weighted by atomic mass is 10.1. The number of nitrogens with zero attached hydrogens (tertiary/aromatic N) is 3. The topological polar surface area (TPSA) is 62.5 Å². The Hall–Kier alpha value is -2.67. The van der Waals surface area contributed by atoms with Crippen molar-refractivity contribution in [2.75, 3.05) is 7.11 Å². The highest BCUT2D eigenvalue weighted by atomic mass is 79.9. The van der Waals surface area contributed by atoms with Crippen LogP contribution in [0.1, 0.15) is 16.8 Å². The summed E-state index contributed by atoms with van der Waals surface area (Å²) in [4.78, 5) is 13.0. The Morgan fingerprint density at radius 3 is 2.52 bits per heavy atom. The van der Waals surface area contributed by atoms with Crippen LogP contribution in [0, 0.1) is 20.8 Å². The van der Waals surface area contributed by atoms with Crippen LogP contribution >= 0.6 is 15.9 Å². The first-order chi connectivity index (χ1) is 12.8. The van der Waals surface area contributed by atoms with E-state index in [0.717, 1.165) is 21.4 Å². The summed E-state index contributed by atoms with van der Waals surface area (Å²) in [6, 6.07) is 11.5. The predicted molar refractivity (Wildman–Crippen MR) is 109 cm³/mol. The molecule has 3 aromatic rings. The van der Waals surface area contributed by atoms with E-state index in [0.29, 0.717) is 17.1 Å². The number of ether oxygens (including phenoxy) is 1. The van der Waals surface area contributed by atoms with Crippen molar-refractivity contribution in [3.05, 3.63) is 68.0 Å². The van der Waals surface area contributed by atoms with Gasteiger partial charge < -0.3 is 4.74 Å². The van der Waals surface area contributed by atoms with Gasteiger partial charge in [-0.3, -0.25) is 9.48 Å². The third kappa shape index (κ3) is 3.47. The first kappa shape index (κ1) is 19.1. The van der Waals surface area contributed by atoms with Crippen LogP contribution in [0.2, 0.25) is 0 Å². The Labute approximate surface area is 166 Å². The van der Waals surface area contributed by atoms with Gasteiger partial charge in [-0.25, -0.2) is 4.68 Å². The molecule has 6 nitrogen and oxygen atoms in total. The van der Waals surface area contributed by atoms with E-state index in [1.54, 1.807) is 11.8 Å². The number of nitrogens with one attached hydrogen (secondary N) is 1. The largest absolute Gasteiger partial charge is 0.493 e. The van der Waals surface area contributed by atoms with E-state index in [2.05, 4.69) is 33.1 Å². The van der Waals surface area contributed by atoms with Gasteiger partial charge in [0.1, 0.15) is 5.69 Å². The molecular weight excluding hydrogens is 408 g/mol. The number of para-hydroxylation sites is 1. The molecule has 0 saturated carbocycles. The predicted octanol–water partition coefficient (Wildman–Crippen LogP) is 3.37. The minimum Gasteiger partial charge on any atom is -0.493 e. The molecule has 27 heavy (non-hydrogen) atoms. The number of aryl methyl sites for hydroxylation is 2. The standard InChI is InChI=1S/C20H21BrN4O2/c1-12-9-10-15(11-13(12)2)25-20(26)18(14(3)24(25)4)23-22-17-8-6-7-16(21)19(17)27-5/h6-11H,1-5H3/p+1. The van der Waals surface area contributed by atoms with E-state index in [1.807, 2.05) is 62.0 Å². The van der Waals surface area contributed by atoms with Gasteiger partial charge in [0, 0.05) is 12.2 Å². The molecule has 1 aromatic heterocycles. The van der Waals surface area contributed by atoms with Gasteiger partial charge in [-0.2, -0.15) is 0 Å². The normalized spacial score (nSPS) is 11.3. The first-order valence-electron chi connectivity index (χ1n) is 8.50. The lowest BCUT2D eigenvalue weighted by molar-refractivity contribution is -0.435. The average molecular weight is 430 g/mol. The zero-order valence-electron chi connectivity index (χ0n) is 16.0. The summed E-state index contributed by atoms with van der Waals surface area (Å²) >= 11 is 3.44. The molecule has 3 rings (SSSR count). The van der Waals surface area contributed by atoms with Crippen molar-refractivity contribution in [2.45, 2.75) is 20.8 Å². The molecule has 0 fully saturated rings. The van der Waals surface area contributed by atoms with Gasteiger partial charge in [0.15, 0.2) is 11.4 Å². The number of aromatic nitrogens is 2. The molecule has 7 heteroatoms. The summed E-state index contributed by atoms with van der Waals surface area (Å²) in [5, 5.41) is 7.30. The van der Waals surface area contributed by atoms with Gasteiger partial charge in [-0.15, -0.1) is 0 Å². The van der Waals surface area contributed by atoms with Gasteiger partial charge in [-0.1, -0.05) is 17.2 Å². The number of hydrogen-bond acceptors (Lipinski definition) is 3. The second-order valence-corrected chi connectivity index (χ2v) is 7.24. The van der Waals surface area contributed by atoms with Crippen LogP contribution < -0.4 is 15.4 Å². The van der Waals surface area contributed by atoms with Crippen LogP contribution in [-0.4, -0.2) is 16.5 Å². The second kappa shape index (κ2) is 7.52. The summed E-state index contributed by atoms with van der Waals surface area (Å²) in [7, 11) is 3.44. The van der Waals surface area contributed by atoms with Crippen molar-refractivity contribution in [1.82, 2.24) is 9.36 Å². The fourth-order valence-electron chi connectivity index (χ4n) is 2.89. The highest BCUT2D eigenvalue weighted by Gasteiger charge is 2.21. The third-order valence-electron chi connectivity index (χ3n) is 4.73. The minimum absolute atomic E-state index is 0.157. The Bertz CT molecular complexity index is 1100. The van der Waals surface area contributed by atoms with E-state index in [-0.39, 0.29) is 5.56 Å². The monoisotopic (exact) mass is 429 g/mol. The molecule has 2 aromatic carbocycles. The molecule has 0 aliphatic heterocycles. The maximum absolute atomic E-state index is 13.0. The number of methoxy groups -OCH3 is 1. The summed E-state index contributed by atoms with van der Waals surface area (Å²) in [6.07, 6.45) is 0. The second-order valence-electron chi connectivity index (χ2n) is 6.39. The van der Waals surface area contributed by atoms with Crippen LogP contribution in [-0.2, 0) is 7.05 Å². The summed E-state index contributed by atoms with van der Waals surface area (Å²) in [5.41, 5.74) is 4.81. The maximum atomic E-state index is 13.0. The average Bonchev–Trinajstić information content (AvgIpc) is 2.85. The van der Waals surface area contributed by atoms with E-state index >= 15 is 0 Å². The Morgan fingerprint density at radius 2 is 1.85 bits per heavy atom. The fraction of sp³-hybridized carbons (Fsp3) is 0.250. The fourth-order valence-corrected chi connectivity index (χ4v) is 3.41. The van der Waals surface area contributed by atoms with Crippen LogP contribution in [0.3, 0.4) is 0 Å². The van der Waals surface area contributed by atoms with E-state index in [1.165, 1.54) is 5.56 Å². The number of rotatable bonds is 4. The lowest BCUT2D eigenvalue weighted by Gasteiger charge is -2.09. The molecule has 140 valence electrons. The molecule has 1 heterocycles. The van der Waals surface area contributed by atoms with Crippen molar-refractivity contribution in [1.29, 1.82) is 0 Å². The highest BCUT2D eigenvalue weighted by Crippen LogP contribution is 2.34. The minimum atomic E-state index is -0.157. The molecule has 0 radical (unpaired) electrons. The van der Waals surface area contributed by atoms with Gasteiger partial charge in [0.05, 0.1) is 17.3 Å². The molecular formula is C20H22BrN4O2+. The van der Waals surface area contributed by atoms with E-state index in [4.69, 9.17) is 4.74 Å². The van der Waals surface area contributed by atoms with Crippen molar-refractivity contribution >= 4 is 27.3 Å². The van der Waals surface area contributed by atoms with Crippen LogP contribution in [0.15, 0.2) is 50.8 Å². The number of halogens is 1. The molecule has 0 aliphatic carbocycles. The Balaban J connectivity index is 2.10. The Morgan fingerprint density at radius 1 is 1.11 bits per heavy atom. The SMILES string of the molecule is COc1c(Br)cccc1N=[NH+]c1c(C)n(C)n(-c2ccc(C)c(C)c2)c1=O. The zero-order valence-corrected chi connectivity index (χ0v) is 17.6. The molecule has 0 unspecified atom stereocenters. The molecule has 0 bridgehead atoms. The molecule has 0 amide bonds. The highest BCUT2D eigenvalue weighted by molar-refractivity contribution is 9.10. The van der Waals surface area contributed by atoms with Crippen molar-refractivity contribution < 1.29 is 9.85 Å². The molecule has 0 saturated heterocycles. The van der Waals surface area contributed by atoms with Gasteiger partial charge in [0.2, 0.25) is 0 Å². The smallest absolute Gasteiger partial charge is 0.346 e. The van der Waals surface area contributed by atoms with Crippen molar-refractivity contribution in [3.63, 3.8) is 0 Å². The van der Waals surface area contributed by atoms with Crippen molar-refractivity contribution in [2.24, 2.45) is 12.2 Å². The van der Waals surface area contributed by atoms with Gasteiger partial charge >= 0.3 is 11.2 Å². The van der Waals surface area contributed by atoms with Gasteiger partial charge in [0.25, 0.3) is 0 Å². The summed E-state index contributed by atoms with van der Waals surface area (Å²) in [6.45, 7) is 5.97. The zero-order chi connectivity index (χ0) is 19.7. The first-order valence-corrected chi connectivity index (χ1v) is 9.30. The number of hydrogen-bond donors (Lipinski definition) is 1. The summed E-state index contributed by atoms with van der Waals surface area (Å²) < 4.78 is 9.63. The quantitative estimate of drug-likeness (QED) is 0.646. The molecule has 0 aliphatic rings. The van der Waals surface area contributed by atoms with E-state index in [9.17, 15) is 4.79 Å².